The lowest BCUT2D eigenvalue weighted by Gasteiger charge is -2.22. The zero-order valence-electron chi connectivity index (χ0n) is 14.8. The van der Waals surface area contributed by atoms with Gasteiger partial charge in [0, 0.05) is 32.2 Å². The molecule has 0 bridgehead atoms. The Balaban J connectivity index is 2.16. The maximum atomic E-state index is 6.20. The predicted molar refractivity (Wildman–Crippen MR) is 108 cm³/mol. The smallest absolute Gasteiger partial charge is 0.162 e. The number of nitrogens with one attached hydrogen (secondary N) is 1. The third-order valence-electron chi connectivity index (χ3n) is 3.54. The number of halogens is 3. The Bertz CT molecular complexity index is 745. The van der Waals surface area contributed by atoms with Gasteiger partial charge in [0.1, 0.15) is 6.61 Å². The van der Waals surface area contributed by atoms with Crippen molar-refractivity contribution in [3.05, 3.63) is 56.0 Å². The summed E-state index contributed by atoms with van der Waals surface area (Å²) >= 11 is 15.7. The molecular formula is C19H22BrCl2NO2. The highest BCUT2D eigenvalue weighted by Crippen LogP contribution is 2.35. The van der Waals surface area contributed by atoms with Crippen molar-refractivity contribution in [3.8, 4) is 11.5 Å². The SMILES string of the molecule is COc1cc(CNC(C)(C)C)c(Br)cc1OCc1ccc(Cl)cc1Cl. The van der Waals surface area contributed by atoms with Crippen LogP contribution >= 0.6 is 39.1 Å². The van der Waals surface area contributed by atoms with Gasteiger partial charge in [0.05, 0.1) is 7.11 Å². The Labute approximate surface area is 167 Å². The molecule has 0 radical (unpaired) electrons. The van der Waals surface area contributed by atoms with E-state index in [1.807, 2.05) is 18.2 Å². The maximum Gasteiger partial charge on any atom is 0.162 e. The lowest BCUT2D eigenvalue weighted by atomic mass is 10.1. The lowest BCUT2D eigenvalue weighted by molar-refractivity contribution is 0.284. The van der Waals surface area contributed by atoms with Gasteiger partial charge in [0.15, 0.2) is 11.5 Å². The topological polar surface area (TPSA) is 30.5 Å². The van der Waals surface area contributed by atoms with Gasteiger partial charge in [0.2, 0.25) is 0 Å². The molecule has 0 saturated carbocycles. The Morgan fingerprint density at radius 1 is 1.04 bits per heavy atom. The fourth-order valence-corrected chi connectivity index (χ4v) is 3.07. The number of hydrogen-bond acceptors (Lipinski definition) is 3. The summed E-state index contributed by atoms with van der Waals surface area (Å²) in [5.41, 5.74) is 2.00. The van der Waals surface area contributed by atoms with Crippen molar-refractivity contribution in [2.24, 2.45) is 0 Å². The first kappa shape index (κ1) is 20.4. The van der Waals surface area contributed by atoms with Gasteiger partial charge in [-0.15, -0.1) is 0 Å². The summed E-state index contributed by atoms with van der Waals surface area (Å²) in [6, 6.07) is 9.24. The van der Waals surface area contributed by atoms with E-state index in [4.69, 9.17) is 32.7 Å². The van der Waals surface area contributed by atoms with E-state index in [1.54, 1.807) is 19.2 Å². The molecule has 0 saturated heterocycles. The summed E-state index contributed by atoms with van der Waals surface area (Å²) in [5.74, 6) is 1.33. The molecule has 0 fully saturated rings. The van der Waals surface area contributed by atoms with E-state index in [2.05, 4.69) is 42.0 Å². The van der Waals surface area contributed by atoms with Gasteiger partial charge in [-0.05, 0) is 50.6 Å². The van der Waals surface area contributed by atoms with Crippen LogP contribution in [0.2, 0.25) is 10.0 Å². The van der Waals surface area contributed by atoms with E-state index < -0.39 is 0 Å². The van der Waals surface area contributed by atoms with Gasteiger partial charge in [-0.3, -0.25) is 0 Å². The molecule has 136 valence electrons. The van der Waals surface area contributed by atoms with Crippen LogP contribution in [0.3, 0.4) is 0 Å². The summed E-state index contributed by atoms with van der Waals surface area (Å²) in [6.07, 6.45) is 0. The van der Waals surface area contributed by atoms with E-state index in [-0.39, 0.29) is 5.54 Å². The van der Waals surface area contributed by atoms with Crippen LogP contribution < -0.4 is 14.8 Å². The maximum absolute atomic E-state index is 6.20. The minimum absolute atomic E-state index is 0.0349. The quantitative estimate of drug-likeness (QED) is 0.570. The Morgan fingerprint density at radius 2 is 1.76 bits per heavy atom. The van der Waals surface area contributed by atoms with Crippen LogP contribution in [0.25, 0.3) is 0 Å². The van der Waals surface area contributed by atoms with E-state index in [9.17, 15) is 0 Å². The zero-order valence-corrected chi connectivity index (χ0v) is 17.8. The Morgan fingerprint density at radius 3 is 2.36 bits per heavy atom. The highest BCUT2D eigenvalue weighted by atomic mass is 79.9. The molecule has 0 spiro atoms. The van der Waals surface area contributed by atoms with Crippen molar-refractivity contribution in [1.29, 1.82) is 0 Å². The van der Waals surface area contributed by atoms with Gasteiger partial charge < -0.3 is 14.8 Å². The van der Waals surface area contributed by atoms with Gasteiger partial charge in [0.25, 0.3) is 0 Å². The van der Waals surface area contributed by atoms with Crippen LogP contribution in [0.5, 0.6) is 11.5 Å². The molecule has 0 heterocycles. The molecule has 0 amide bonds. The number of methoxy groups -OCH3 is 1. The summed E-state index contributed by atoms with van der Waals surface area (Å²) in [5, 5.41) is 4.65. The van der Waals surface area contributed by atoms with Gasteiger partial charge in [-0.25, -0.2) is 0 Å². The average Bonchev–Trinajstić information content (AvgIpc) is 2.52. The molecule has 6 heteroatoms. The van der Waals surface area contributed by atoms with E-state index in [0.717, 1.165) is 22.1 Å². The van der Waals surface area contributed by atoms with Crippen molar-refractivity contribution in [3.63, 3.8) is 0 Å². The molecule has 0 aliphatic carbocycles. The van der Waals surface area contributed by atoms with Crippen LogP contribution in [0, 0.1) is 0 Å². The molecule has 1 N–H and O–H groups in total. The molecule has 2 aromatic carbocycles. The molecule has 0 aliphatic rings. The molecule has 3 nitrogen and oxygen atoms in total. The molecule has 0 atom stereocenters. The van der Waals surface area contributed by atoms with Crippen molar-refractivity contribution in [2.45, 2.75) is 39.5 Å². The second kappa shape index (κ2) is 8.63. The number of rotatable bonds is 6. The lowest BCUT2D eigenvalue weighted by Crippen LogP contribution is -2.35. The molecule has 2 rings (SSSR count). The van der Waals surface area contributed by atoms with Crippen LogP contribution in [0.4, 0.5) is 0 Å². The standard InChI is InChI=1S/C19H22BrCl2NO2/c1-19(2,3)23-10-13-7-17(24-4)18(9-15(13)20)25-11-12-5-6-14(21)8-16(12)22/h5-9,23H,10-11H2,1-4H3. The molecule has 0 aromatic heterocycles. The Hall–Kier alpha value is -0.940. The fraction of sp³-hybridized carbons (Fsp3) is 0.368. The second-order valence-electron chi connectivity index (χ2n) is 6.72. The third-order valence-corrected chi connectivity index (χ3v) is 4.87. The highest BCUT2D eigenvalue weighted by Gasteiger charge is 2.14. The van der Waals surface area contributed by atoms with Crippen LogP contribution in [-0.2, 0) is 13.2 Å². The van der Waals surface area contributed by atoms with Crippen molar-refractivity contribution < 1.29 is 9.47 Å². The van der Waals surface area contributed by atoms with E-state index >= 15 is 0 Å². The van der Waals surface area contributed by atoms with Crippen molar-refractivity contribution in [2.75, 3.05) is 7.11 Å². The number of benzene rings is 2. The predicted octanol–water partition coefficient (Wildman–Crippen LogP) is 6.23. The van der Waals surface area contributed by atoms with E-state index in [0.29, 0.717) is 28.2 Å². The van der Waals surface area contributed by atoms with Gasteiger partial charge in [-0.1, -0.05) is 45.2 Å². The summed E-state index contributed by atoms with van der Waals surface area (Å²) < 4.78 is 12.4. The summed E-state index contributed by atoms with van der Waals surface area (Å²) in [7, 11) is 1.63. The second-order valence-corrected chi connectivity index (χ2v) is 8.42. The summed E-state index contributed by atoms with van der Waals surface area (Å²) in [6.45, 7) is 7.45. The fourth-order valence-electron chi connectivity index (χ4n) is 2.14. The van der Waals surface area contributed by atoms with Crippen LogP contribution in [0.15, 0.2) is 34.8 Å². The highest BCUT2D eigenvalue weighted by molar-refractivity contribution is 9.10. The molecule has 2 aromatic rings. The molecule has 0 aliphatic heterocycles. The number of ether oxygens (including phenoxy) is 2. The first-order valence-electron chi connectivity index (χ1n) is 7.88. The number of hydrogen-bond donors (Lipinski definition) is 1. The Kier molecular flexibility index (Phi) is 7.03. The average molecular weight is 447 g/mol. The summed E-state index contributed by atoms with van der Waals surface area (Å²) in [4.78, 5) is 0. The van der Waals surface area contributed by atoms with Gasteiger partial charge in [-0.2, -0.15) is 0 Å². The normalized spacial score (nSPS) is 11.5. The minimum atomic E-state index is 0.0349. The molecule has 25 heavy (non-hydrogen) atoms. The third kappa shape index (κ3) is 6.07. The van der Waals surface area contributed by atoms with Crippen LogP contribution in [-0.4, -0.2) is 12.6 Å². The largest absolute Gasteiger partial charge is 0.493 e. The monoisotopic (exact) mass is 445 g/mol. The van der Waals surface area contributed by atoms with Crippen molar-refractivity contribution in [1.82, 2.24) is 5.32 Å². The molecule has 0 unspecified atom stereocenters. The first-order chi connectivity index (χ1) is 11.7. The van der Waals surface area contributed by atoms with Gasteiger partial charge >= 0.3 is 0 Å². The molecular weight excluding hydrogens is 425 g/mol. The van der Waals surface area contributed by atoms with Crippen LogP contribution in [0.1, 0.15) is 31.9 Å². The zero-order chi connectivity index (χ0) is 18.6. The van der Waals surface area contributed by atoms with Crippen molar-refractivity contribution >= 4 is 39.1 Å². The first-order valence-corrected chi connectivity index (χ1v) is 9.42. The van der Waals surface area contributed by atoms with E-state index in [1.165, 1.54) is 0 Å². The minimum Gasteiger partial charge on any atom is -0.493 e.